The molecule has 0 fully saturated rings. The second kappa shape index (κ2) is 4.95. The summed E-state index contributed by atoms with van der Waals surface area (Å²) in [5, 5.41) is 9.88. The van der Waals surface area contributed by atoms with E-state index in [0.717, 1.165) is 20.7 Å². The molecule has 0 aliphatic carbocycles. The number of aromatic nitrogens is 1. The number of rotatable bonds is 3. The molecule has 0 radical (unpaired) electrons. The molecule has 3 aromatic rings. The molecule has 3 rings (SSSR count). The highest BCUT2D eigenvalue weighted by Gasteiger charge is 2.10. The number of carbonyl (C=O) groups is 1. The average Bonchev–Trinajstić information content (AvgIpc) is 3.05. The van der Waals surface area contributed by atoms with Gasteiger partial charge < -0.3 is 4.57 Å². The highest BCUT2D eigenvalue weighted by molar-refractivity contribution is 7.14. The van der Waals surface area contributed by atoms with Crippen molar-refractivity contribution in [2.75, 3.05) is 0 Å². The maximum atomic E-state index is 12.2. The SMILES string of the molecule is Cc1ccc(C(=O)Cn2ccc3cc(C#N)ccc32)s1. The third-order valence-electron chi connectivity index (χ3n) is 3.23. The van der Waals surface area contributed by atoms with E-state index in [9.17, 15) is 4.79 Å². The summed E-state index contributed by atoms with van der Waals surface area (Å²) in [6.07, 6.45) is 1.89. The first-order valence-electron chi connectivity index (χ1n) is 6.26. The standard InChI is InChI=1S/C16H12N2OS/c1-11-2-5-16(20-11)15(19)10-18-7-6-13-8-12(9-17)3-4-14(13)18/h2-8H,10H2,1H3. The zero-order chi connectivity index (χ0) is 14.1. The number of thiophene rings is 1. The maximum absolute atomic E-state index is 12.2. The van der Waals surface area contributed by atoms with E-state index in [4.69, 9.17) is 5.26 Å². The lowest BCUT2D eigenvalue weighted by Crippen LogP contribution is -2.07. The zero-order valence-electron chi connectivity index (χ0n) is 11.0. The van der Waals surface area contributed by atoms with E-state index in [1.165, 1.54) is 11.3 Å². The third-order valence-corrected chi connectivity index (χ3v) is 4.27. The highest BCUT2D eigenvalue weighted by Crippen LogP contribution is 2.20. The molecule has 2 aromatic heterocycles. The number of nitrogens with zero attached hydrogens (tertiary/aromatic N) is 2. The van der Waals surface area contributed by atoms with Crippen LogP contribution in [0.2, 0.25) is 0 Å². The second-order valence-corrected chi connectivity index (χ2v) is 5.95. The first-order valence-corrected chi connectivity index (χ1v) is 7.07. The topological polar surface area (TPSA) is 45.8 Å². The zero-order valence-corrected chi connectivity index (χ0v) is 11.8. The van der Waals surface area contributed by atoms with E-state index >= 15 is 0 Å². The quantitative estimate of drug-likeness (QED) is 0.686. The molecule has 98 valence electrons. The Morgan fingerprint density at radius 2 is 2.15 bits per heavy atom. The molecule has 0 aliphatic heterocycles. The van der Waals surface area contributed by atoms with Gasteiger partial charge in [0.05, 0.1) is 23.1 Å². The number of ketones is 1. The fourth-order valence-corrected chi connectivity index (χ4v) is 3.02. The Morgan fingerprint density at radius 3 is 2.85 bits per heavy atom. The number of hydrogen-bond donors (Lipinski definition) is 0. The van der Waals surface area contributed by atoms with Crippen molar-refractivity contribution in [1.82, 2.24) is 4.57 Å². The first kappa shape index (κ1) is 12.6. The minimum Gasteiger partial charge on any atom is -0.340 e. The molecule has 0 saturated carbocycles. The fourth-order valence-electron chi connectivity index (χ4n) is 2.22. The largest absolute Gasteiger partial charge is 0.340 e. The smallest absolute Gasteiger partial charge is 0.192 e. The van der Waals surface area contributed by atoms with Crippen molar-refractivity contribution < 1.29 is 4.79 Å². The van der Waals surface area contributed by atoms with Crippen molar-refractivity contribution in [3.63, 3.8) is 0 Å². The normalized spacial score (nSPS) is 10.6. The van der Waals surface area contributed by atoms with Gasteiger partial charge in [-0.1, -0.05) is 0 Å². The van der Waals surface area contributed by atoms with E-state index in [0.29, 0.717) is 12.1 Å². The molecular formula is C16H12N2OS. The second-order valence-electron chi connectivity index (χ2n) is 4.66. The van der Waals surface area contributed by atoms with Gasteiger partial charge in [0.1, 0.15) is 0 Å². The van der Waals surface area contributed by atoms with E-state index in [2.05, 4.69) is 6.07 Å². The number of aryl methyl sites for hydroxylation is 1. The van der Waals surface area contributed by atoms with Crippen LogP contribution in [0, 0.1) is 18.3 Å². The number of nitriles is 1. The Balaban J connectivity index is 1.92. The molecular weight excluding hydrogens is 268 g/mol. The molecule has 0 bridgehead atoms. The van der Waals surface area contributed by atoms with Gasteiger partial charge in [-0.2, -0.15) is 5.26 Å². The molecule has 0 aliphatic rings. The van der Waals surface area contributed by atoms with E-state index in [1.807, 2.05) is 48.0 Å². The van der Waals surface area contributed by atoms with Gasteiger partial charge >= 0.3 is 0 Å². The minimum atomic E-state index is 0.116. The van der Waals surface area contributed by atoms with Crippen molar-refractivity contribution in [1.29, 1.82) is 5.26 Å². The Bertz CT molecular complexity index is 836. The van der Waals surface area contributed by atoms with Crippen LogP contribution >= 0.6 is 11.3 Å². The van der Waals surface area contributed by atoms with Crippen LogP contribution < -0.4 is 0 Å². The number of hydrogen-bond acceptors (Lipinski definition) is 3. The molecule has 0 atom stereocenters. The number of carbonyl (C=O) groups excluding carboxylic acids is 1. The Morgan fingerprint density at radius 1 is 1.30 bits per heavy atom. The van der Waals surface area contributed by atoms with E-state index < -0.39 is 0 Å². The van der Waals surface area contributed by atoms with Gasteiger partial charge in [0.25, 0.3) is 0 Å². The van der Waals surface area contributed by atoms with Gasteiger partial charge in [-0.3, -0.25) is 4.79 Å². The summed E-state index contributed by atoms with van der Waals surface area (Å²) in [5.41, 5.74) is 1.61. The third kappa shape index (κ3) is 2.24. The monoisotopic (exact) mass is 280 g/mol. The van der Waals surface area contributed by atoms with Crippen LogP contribution in [0.4, 0.5) is 0 Å². The predicted octanol–water partition coefficient (Wildman–Crippen LogP) is 3.77. The summed E-state index contributed by atoms with van der Waals surface area (Å²) in [5.74, 6) is 0.116. The lowest BCUT2D eigenvalue weighted by Gasteiger charge is -2.03. The van der Waals surface area contributed by atoms with E-state index in [1.54, 1.807) is 6.07 Å². The molecule has 0 spiro atoms. The summed E-state index contributed by atoms with van der Waals surface area (Å²) in [6, 6.07) is 13.4. The number of Topliss-reactive ketones (excluding diaryl/α,β-unsaturated/α-hetero) is 1. The van der Waals surface area contributed by atoms with E-state index in [-0.39, 0.29) is 5.78 Å². The molecule has 20 heavy (non-hydrogen) atoms. The van der Waals surface area contributed by atoms with Crippen molar-refractivity contribution in [3.05, 3.63) is 57.9 Å². The molecule has 0 saturated heterocycles. The summed E-state index contributed by atoms with van der Waals surface area (Å²) in [4.78, 5) is 14.2. The van der Waals surface area contributed by atoms with Gasteiger partial charge in [-0.15, -0.1) is 11.3 Å². The summed E-state index contributed by atoms with van der Waals surface area (Å²) in [7, 11) is 0. The lowest BCUT2D eigenvalue weighted by molar-refractivity contribution is 0.0977. The summed E-state index contributed by atoms with van der Waals surface area (Å²) >= 11 is 1.52. The van der Waals surface area contributed by atoms with Crippen LogP contribution in [-0.4, -0.2) is 10.4 Å². The lowest BCUT2D eigenvalue weighted by atomic mass is 10.2. The molecule has 0 amide bonds. The molecule has 0 unspecified atom stereocenters. The van der Waals surface area contributed by atoms with Gasteiger partial charge in [-0.25, -0.2) is 0 Å². The maximum Gasteiger partial charge on any atom is 0.192 e. The van der Waals surface area contributed by atoms with Gasteiger partial charge in [0.15, 0.2) is 5.78 Å². The number of benzene rings is 1. The van der Waals surface area contributed by atoms with Crippen LogP contribution in [0.3, 0.4) is 0 Å². The Hall–Kier alpha value is -2.38. The van der Waals surface area contributed by atoms with Crippen LogP contribution in [0.15, 0.2) is 42.6 Å². The average molecular weight is 280 g/mol. The molecule has 0 N–H and O–H groups in total. The van der Waals surface area contributed by atoms with Crippen molar-refractivity contribution >= 4 is 28.0 Å². The molecule has 3 nitrogen and oxygen atoms in total. The van der Waals surface area contributed by atoms with Gasteiger partial charge in [-0.05, 0) is 43.3 Å². The van der Waals surface area contributed by atoms with Gasteiger partial charge in [0.2, 0.25) is 0 Å². The Kier molecular flexibility index (Phi) is 3.13. The van der Waals surface area contributed by atoms with Crippen molar-refractivity contribution in [3.8, 4) is 6.07 Å². The molecule has 2 heterocycles. The molecule has 4 heteroatoms. The van der Waals surface area contributed by atoms with Crippen molar-refractivity contribution in [2.24, 2.45) is 0 Å². The Labute approximate surface area is 120 Å². The fraction of sp³-hybridized carbons (Fsp3) is 0.125. The predicted molar refractivity (Wildman–Crippen MR) is 80.0 cm³/mol. The van der Waals surface area contributed by atoms with Crippen LogP contribution in [0.5, 0.6) is 0 Å². The minimum absolute atomic E-state index is 0.116. The first-order chi connectivity index (χ1) is 9.67. The van der Waals surface area contributed by atoms with Gasteiger partial charge in [0, 0.05) is 22.0 Å². The highest BCUT2D eigenvalue weighted by atomic mass is 32.1. The van der Waals surface area contributed by atoms with Crippen LogP contribution in [0.25, 0.3) is 10.9 Å². The van der Waals surface area contributed by atoms with Crippen LogP contribution in [-0.2, 0) is 6.54 Å². The van der Waals surface area contributed by atoms with Crippen molar-refractivity contribution in [2.45, 2.75) is 13.5 Å². The molecule has 1 aromatic carbocycles. The summed E-state index contributed by atoms with van der Waals surface area (Å²) < 4.78 is 1.92. The summed E-state index contributed by atoms with van der Waals surface area (Å²) in [6.45, 7) is 2.32. The van der Waals surface area contributed by atoms with Crippen LogP contribution in [0.1, 0.15) is 20.1 Å². The number of fused-ring (bicyclic) bond motifs is 1.